The van der Waals surface area contributed by atoms with Crippen LogP contribution < -0.4 is 5.32 Å². The normalized spacial score (nSPS) is 10.9. The molecule has 0 radical (unpaired) electrons. The fraction of sp³-hybridized carbons (Fsp3) is 0.188. The molecule has 144 valence electrons. The van der Waals surface area contributed by atoms with Crippen molar-refractivity contribution in [3.8, 4) is 10.6 Å². The second-order valence-corrected chi connectivity index (χ2v) is 7.74. The number of hydrogen-bond acceptors (Lipinski definition) is 6. The number of nitrogens with zero attached hydrogens (tertiary/aromatic N) is 2. The van der Waals surface area contributed by atoms with Crippen molar-refractivity contribution in [3.05, 3.63) is 50.4 Å². The number of aromatic nitrogens is 2. The molecule has 0 aliphatic rings. The molecule has 0 spiro atoms. The van der Waals surface area contributed by atoms with Gasteiger partial charge in [0.2, 0.25) is 0 Å². The lowest BCUT2D eigenvalue weighted by molar-refractivity contribution is -0.137. The summed E-state index contributed by atoms with van der Waals surface area (Å²) in [4.78, 5) is 19.1. The maximum atomic E-state index is 12.0. The van der Waals surface area contributed by atoms with Crippen molar-refractivity contribution in [1.29, 1.82) is 0 Å². The number of nitrogens with one attached hydrogen (secondary N) is 1. The van der Waals surface area contributed by atoms with Gasteiger partial charge in [-0.05, 0) is 17.7 Å². The predicted octanol–water partition coefficient (Wildman–Crippen LogP) is 6.06. The van der Waals surface area contributed by atoms with E-state index < -0.39 is 11.7 Å². The molecule has 0 unspecified atom stereocenters. The Morgan fingerprint density at radius 1 is 1.19 bits per heavy atom. The zero-order valence-electron chi connectivity index (χ0n) is 13.7. The molecular weight excluding hydrogens is 442 g/mol. The molecule has 0 fully saturated rings. The topological polar surface area (TPSA) is 54.9 Å². The molecule has 1 aromatic carbocycles. The van der Waals surface area contributed by atoms with Gasteiger partial charge in [0.15, 0.2) is 14.8 Å². The predicted molar refractivity (Wildman–Crippen MR) is 104 cm³/mol. The second kappa shape index (κ2) is 9.50. The molecule has 3 aromatic rings. The van der Waals surface area contributed by atoms with Gasteiger partial charge in [-0.3, -0.25) is 0 Å². The quantitative estimate of drug-likeness (QED) is 0.487. The number of aldehydes is 1. The summed E-state index contributed by atoms with van der Waals surface area (Å²) in [6, 6.07) is 4.55. The molecule has 2 heterocycles. The summed E-state index contributed by atoms with van der Waals surface area (Å²) in [5.74, 6) is 0. The molecule has 0 saturated carbocycles. The van der Waals surface area contributed by atoms with Crippen molar-refractivity contribution in [2.24, 2.45) is 0 Å². The number of anilines is 1. The lowest BCUT2D eigenvalue weighted by Gasteiger charge is -2.05. The van der Waals surface area contributed by atoms with E-state index in [1.54, 1.807) is 0 Å². The van der Waals surface area contributed by atoms with Crippen molar-refractivity contribution in [2.75, 3.05) is 12.4 Å². The summed E-state index contributed by atoms with van der Waals surface area (Å²) in [6.45, 7) is 0. The Hall–Kier alpha value is -1.68. The highest BCUT2D eigenvalue weighted by Gasteiger charge is 2.29. The van der Waals surface area contributed by atoms with E-state index in [4.69, 9.17) is 23.2 Å². The summed E-state index contributed by atoms with van der Waals surface area (Å²) in [7, 11) is 1.82. The highest BCUT2D eigenvalue weighted by molar-refractivity contribution is 7.20. The van der Waals surface area contributed by atoms with Gasteiger partial charge in [-0.25, -0.2) is 9.97 Å². The standard InChI is InChI=1S/C9H7F3O.C7H5Cl2N3S2/c10-9(11,12)8-3-1-7(2-4-8)5-6-13;1-10-7-11-3(2-13-7)4-5(8)12-6(9)14-4/h1-4,6H,5H2;2H,1H3,(H,10,11). The average molecular weight is 454 g/mol. The zero-order chi connectivity index (χ0) is 20.0. The van der Waals surface area contributed by atoms with Crippen LogP contribution in [-0.2, 0) is 17.4 Å². The summed E-state index contributed by atoms with van der Waals surface area (Å²) in [5.41, 5.74) is 0.707. The third-order valence-electron chi connectivity index (χ3n) is 3.11. The first-order valence-corrected chi connectivity index (χ1v) is 9.75. The van der Waals surface area contributed by atoms with Crippen LogP contribution in [0.3, 0.4) is 0 Å². The summed E-state index contributed by atoms with van der Waals surface area (Å²) in [5, 5.41) is 6.14. The summed E-state index contributed by atoms with van der Waals surface area (Å²) < 4.78 is 36.5. The van der Waals surface area contributed by atoms with E-state index in [-0.39, 0.29) is 6.42 Å². The first kappa shape index (κ1) is 21.6. The van der Waals surface area contributed by atoms with Gasteiger partial charge in [0.1, 0.15) is 6.29 Å². The third kappa shape index (κ3) is 6.17. The molecule has 0 aliphatic heterocycles. The lowest BCUT2D eigenvalue weighted by atomic mass is 10.1. The molecule has 11 heteroatoms. The number of rotatable bonds is 4. The fourth-order valence-corrected chi connectivity index (χ4v) is 3.94. The second-order valence-electron chi connectivity index (χ2n) is 4.94. The molecule has 0 aliphatic carbocycles. The van der Waals surface area contributed by atoms with Gasteiger partial charge in [-0.15, -0.1) is 11.3 Å². The maximum Gasteiger partial charge on any atom is 0.416 e. The summed E-state index contributed by atoms with van der Waals surface area (Å²) >= 11 is 14.5. The molecule has 27 heavy (non-hydrogen) atoms. The minimum absolute atomic E-state index is 0.151. The van der Waals surface area contributed by atoms with E-state index in [9.17, 15) is 18.0 Å². The molecule has 2 aromatic heterocycles. The van der Waals surface area contributed by atoms with E-state index in [1.165, 1.54) is 34.8 Å². The van der Waals surface area contributed by atoms with E-state index in [2.05, 4.69) is 15.3 Å². The van der Waals surface area contributed by atoms with Crippen molar-refractivity contribution in [1.82, 2.24) is 9.97 Å². The van der Waals surface area contributed by atoms with Crippen LogP contribution in [0.2, 0.25) is 9.62 Å². The maximum absolute atomic E-state index is 12.0. The van der Waals surface area contributed by atoms with Crippen LogP contribution >= 0.6 is 45.9 Å². The van der Waals surface area contributed by atoms with E-state index in [0.717, 1.165) is 27.8 Å². The summed E-state index contributed by atoms with van der Waals surface area (Å²) in [6.07, 6.45) is -3.50. The van der Waals surface area contributed by atoms with Crippen molar-refractivity contribution < 1.29 is 18.0 Å². The van der Waals surface area contributed by atoms with Gasteiger partial charge >= 0.3 is 6.18 Å². The molecular formula is C16H12Cl2F3N3OS2. The molecule has 1 N–H and O–H groups in total. The van der Waals surface area contributed by atoms with Crippen LogP contribution in [0.1, 0.15) is 11.1 Å². The number of halogens is 5. The van der Waals surface area contributed by atoms with E-state index in [1.807, 2.05) is 12.4 Å². The van der Waals surface area contributed by atoms with Gasteiger partial charge in [-0.2, -0.15) is 13.2 Å². The van der Waals surface area contributed by atoms with Crippen LogP contribution in [-0.4, -0.2) is 23.3 Å². The van der Waals surface area contributed by atoms with Crippen LogP contribution in [0.4, 0.5) is 18.3 Å². The van der Waals surface area contributed by atoms with Gasteiger partial charge < -0.3 is 10.1 Å². The lowest BCUT2D eigenvalue weighted by Crippen LogP contribution is -2.04. The van der Waals surface area contributed by atoms with Crippen molar-refractivity contribution in [3.63, 3.8) is 0 Å². The van der Waals surface area contributed by atoms with Crippen LogP contribution in [0.5, 0.6) is 0 Å². The zero-order valence-corrected chi connectivity index (χ0v) is 16.8. The van der Waals surface area contributed by atoms with Crippen LogP contribution in [0.25, 0.3) is 10.6 Å². The molecule has 3 rings (SSSR count). The number of carbonyl (C=O) groups excluding carboxylic acids is 1. The van der Waals surface area contributed by atoms with E-state index >= 15 is 0 Å². The Kier molecular flexibility index (Phi) is 7.60. The Morgan fingerprint density at radius 3 is 2.30 bits per heavy atom. The highest BCUT2D eigenvalue weighted by atomic mass is 35.5. The number of thiazole rings is 2. The Bertz CT molecular complexity index is 895. The Balaban J connectivity index is 0.000000194. The number of carbonyl (C=O) groups is 1. The van der Waals surface area contributed by atoms with Gasteiger partial charge in [0.25, 0.3) is 0 Å². The molecule has 0 amide bonds. The SMILES string of the molecule is CNc1nc(-c2sc(Cl)nc2Cl)cs1.O=CCc1ccc(C(F)(F)F)cc1. The van der Waals surface area contributed by atoms with Gasteiger partial charge in [0.05, 0.1) is 16.1 Å². The minimum Gasteiger partial charge on any atom is -0.365 e. The first-order chi connectivity index (χ1) is 12.7. The highest BCUT2D eigenvalue weighted by Crippen LogP contribution is 2.36. The molecule has 0 bridgehead atoms. The number of alkyl halides is 3. The third-order valence-corrected chi connectivity index (χ3v) is 5.54. The van der Waals surface area contributed by atoms with Crippen molar-refractivity contribution >= 4 is 57.3 Å². The Morgan fingerprint density at radius 2 is 1.85 bits per heavy atom. The minimum atomic E-state index is -4.31. The molecule has 0 saturated heterocycles. The molecule has 0 atom stereocenters. The van der Waals surface area contributed by atoms with E-state index in [0.29, 0.717) is 21.5 Å². The number of hydrogen-bond donors (Lipinski definition) is 1. The smallest absolute Gasteiger partial charge is 0.365 e. The van der Waals surface area contributed by atoms with Gasteiger partial charge in [0, 0.05) is 18.8 Å². The van der Waals surface area contributed by atoms with Crippen molar-refractivity contribution in [2.45, 2.75) is 12.6 Å². The monoisotopic (exact) mass is 453 g/mol. The Labute approximate surface area is 171 Å². The van der Waals surface area contributed by atoms with Crippen LogP contribution in [0.15, 0.2) is 29.6 Å². The van der Waals surface area contributed by atoms with Gasteiger partial charge in [-0.1, -0.05) is 46.7 Å². The average Bonchev–Trinajstić information content (AvgIpc) is 3.21. The van der Waals surface area contributed by atoms with Crippen LogP contribution in [0, 0.1) is 0 Å². The first-order valence-electron chi connectivity index (χ1n) is 7.29. The molecule has 4 nitrogen and oxygen atoms in total. The number of benzene rings is 1. The fourth-order valence-electron chi connectivity index (χ4n) is 1.85. The largest absolute Gasteiger partial charge is 0.416 e.